The van der Waals surface area contributed by atoms with Crippen molar-refractivity contribution in [2.75, 3.05) is 68.1 Å². The smallest absolute Gasteiger partial charge is 0.248 e. The summed E-state index contributed by atoms with van der Waals surface area (Å²) < 4.78 is 38.3. The first-order valence-corrected chi connectivity index (χ1v) is 14.8. The van der Waals surface area contributed by atoms with E-state index in [4.69, 9.17) is 9.47 Å². The van der Waals surface area contributed by atoms with E-state index in [0.717, 1.165) is 19.3 Å². The molecule has 1 aromatic rings. The van der Waals surface area contributed by atoms with E-state index in [1.807, 2.05) is 26.0 Å². The van der Waals surface area contributed by atoms with Gasteiger partial charge < -0.3 is 24.6 Å². The molecule has 0 aromatic heterocycles. The number of hydrogen-bond acceptors (Lipinski definition) is 7. The van der Waals surface area contributed by atoms with Gasteiger partial charge in [0.05, 0.1) is 18.6 Å². The fourth-order valence-corrected chi connectivity index (χ4v) is 6.86. The average Bonchev–Trinajstić information content (AvgIpc) is 3.41. The minimum Gasteiger partial charge on any atom is -0.497 e. The van der Waals surface area contributed by atoms with Gasteiger partial charge in [0.15, 0.2) is 0 Å². The number of nitrogens with one attached hydrogen (secondary N) is 1. The summed E-state index contributed by atoms with van der Waals surface area (Å²) in [6, 6.07) is 4.27. The minimum atomic E-state index is -3.68. The Morgan fingerprint density at radius 2 is 1.68 bits per heavy atom. The van der Waals surface area contributed by atoms with Gasteiger partial charge in [-0.3, -0.25) is 4.79 Å². The van der Waals surface area contributed by atoms with E-state index in [1.54, 1.807) is 33.1 Å². The molecular formula is C27H48N4O5S. The van der Waals surface area contributed by atoms with E-state index in [9.17, 15) is 13.2 Å². The number of likely N-dealkylation sites (tertiary alicyclic amines) is 1. The normalized spacial score (nSPS) is 20.4. The minimum absolute atomic E-state index is 0.0319. The van der Waals surface area contributed by atoms with Crippen molar-refractivity contribution in [2.45, 2.75) is 69.4 Å². The number of nitrogens with zero attached hydrogens (tertiary/aromatic N) is 3. The lowest BCUT2D eigenvalue weighted by atomic mass is 9.89. The molecule has 2 unspecified atom stereocenters. The molecule has 0 radical (unpaired) electrons. The first kappa shape index (κ1) is 31.5. The van der Waals surface area contributed by atoms with Crippen molar-refractivity contribution >= 4 is 15.9 Å². The Morgan fingerprint density at radius 1 is 1.08 bits per heavy atom. The number of amides is 1. The number of hydrogen-bond donors (Lipinski definition) is 1. The maximum Gasteiger partial charge on any atom is 0.248 e. The van der Waals surface area contributed by atoms with E-state index >= 15 is 0 Å². The third-order valence-corrected chi connectivity index (χ3v) is 9.49. The summed E-state index contributed by atoms with van der Waals surface area (Å²) >= 11 is 0. The molecule has 37 heavy (non-hydrogen) atoms. The van der Waals surface area contributed by atoms with Gasteiger partial charge in [-0.15, -0.1) is 0 Å². The summed E-state index contributed by atoms with van der Waals surface area (Å²) in [4.78, 5) is 17.4. The zero-order chi connectivity index (χ0) is 27.6. The van der Waals surface area contributed by atoms with Crippen molar-refractivity contribution < 1.29 is 22.7 Å². The van der Waals surface area contributed by atoms with Crippen LogP contribution in [0.4, 0.5) is 0 Å². The van der Waals surface area contributed by atoms with Gasteiger partial charge >= 0.3 is 0 Å². The SMILES string of the molecule is CNC.COc1cc(C)c(S(=O)(=O)N(C)CCOCC(=O)N(C)C2CCCC(N3CCCC3)C2)c(C)c1. The van der Waals surface area contributed by atoms with Crippen molar-refractivity contribution in [3.63, 3.8) is 0 Å². The molecule has 212 valence electrons. The second-order valence-electron chi connectivity index (χ2n) is 10.2. The highest BCUT2D eigenvalue weighted by Gasteiger charge is 2.31. The summed E-state index contributed by atoms with van der Waals surface area (Å²) in [7, 11) is 5.04. The molecule has 0 spiro atoms. The first-order chi connectivity index (χ1) is 17.6. The molecule has 9 nitrogen and oxygen atoms in total. The van der Waals surface area contributed by atoms with Crippen LogP contribution in [0.1, 0.15) is 49.7 Å². The largest absolute Gasteiger partial charge is 0.497 e. The highest BCUT2D eigenvalue weighted by Crippen LogP contribution is 2.29. The van der Waals surface area contributed by atoms with Gasteiger partial charge in [-0.2, -0.15) is 4.31 Å². The molecule has 1 aromatic carbocycles. The average molecular weight is 541 g/mol. The predicted molar refractivity (Wildman–Crippen MR) is 148 cm³/mol. The maximum absolute atomic E-state index is 13.1. The molecule has 0 bridgehead atoms. The number of likely N-dealkylation sites (N-methyl/N-ethyl adjacent to an activating group) is 2. The van der Waals surface area contributed by atoms with Gasteiger partial charge in [0.25, 0.3) is 0 Å². The van der Waals surface area contributed by atoms with E-state index in [1.165, 1.54) is 43.7 Å². The molecule has 1 heterocycles. The van der Waals surface area contributed by atoms with Crippen LogP contribution in [0.3, 0.4) is 0 Å². The van der Waals surface area contributed by atoms with Crippen LogP contribution in [0.15, 0.2) is 17.0 Å². The highest BCUT2D eigenvalue weighted by molar-refractivity contribution is 7.89. The lowest BCUT2D eigenvalue weighted by Gasteiger charge is -2.39. The first-order valence-electron chi connectivity index (χ1n) is 13.3. The number of carbonyl (C=O) groups is 1. The predicted octanol–water partition coefficient (Wildman–Crippen LogP) is 2.65. The third-order valence-electron chi connectivity index (χ3n) is 7.33. The molecular weight excluding hydrogens is 492 g/mol. The topological polar surface area (TPSA) is 91.4 Å². The van der Waals surface area contributed by atoms with Crippen LogP contribution in [0.2, 0.25) is 0 Å². The molecule has 3 rings (SSSR count). The Morgan fingerprint density at radius 3 is 2.24 bits per heavy atom. The van der Waals surface area contributed by atoms with Crippen LogP contribution in [0.5, 0.6) is 5.75 Å². The standard InChI is InChI=1S/C25H41N3O5S.C2H7N/c1-19-15-23(32-5)16-20(2)25(19)34(30,31)26(3)13-14-33-18-24(29)27(4)21-9-8-10-22(17-21)28-11-6-7-12-28;1-3-2/h15-16,21-22H,6-14,17-18H2,1-5H3;3H,1-2H3. The monoisotopic (exact) mass is 540 g/mol. The Hall–Kier alpha value is -1.72. The molecule has 1 N–H and O–H groups in total. The number of sulfonamides is 1. The van der Waals surface area contributed by atoms with Crippen molar-refractivity contribution in [3.05, 3.63) is 23.3 Å². The van der Waals surface area contributed by atoms with Crippen LogP contribution in [0, 0.1) is 13.8 Å². The van der Waals surface area contributed by atoms with Crippen molar-refractivity contribution in [1.29, 1.82) is 0 Å². The Balaban J connectivity index is 0.00000153. The fourth-order valence-electron chi connectivity index (χ4n) is 5.30. The molecule has 2 fully saturated rings. The van der Waals surface area contributed by atoms with Gasteiger partial charge in [0, 0.05) is 32.7 Å². The molecule has 2 aliphatic rings. The van der Waals surface area contributed by atoms with E-state index in [-0.39, 0.29) is 36.6 Å². The van der Waals surface area contributed by atoms with Gasteiger partial charge in [0.1, 0.15) is 12.4 Å². The van der Waals surface area contributed by atoms with Gasteiger partial charge in [-0.05, 0) is 103 Å². The second kappa shape index (κ2) is 15.0. The summed E-state index contributed by atoms with van der Waals surface area (Å²) in [5.74, 6) is 0.590. The maximum atomic E-state index is 13.1. The Labute approximate surface area is 224 Å². The van der Waals surface area contributed by atoms with E-state index < -0.39 is 10.0 Å². The number of benzene rings is 1. The Bertz CT molecular complexity index is 943. The van der Waals surface area contributed by atoms with Crippen LogP contribution in [-0.2, 0) is 19.6 Å². The van der Waals surface area contributed by atoms with Gasteiger partial charge in [0.2, 0.25) is 15.9 Å². The van der Waals surface area contributed by atoms with E-state index in [2.05, 4.69) is 10.2 Å². The molecule has 10 heteroatoms. The molecule has 1 aliphatic carbocycles. The number of rotatable bonds is 10. The third kappa shape index (κ3) is 8.64. The molecule has 2 atom stereocenters. The summed E-state index contributed by atoms with van der Waals surface area (Å²) in [5, 5.41) is 2.75. The summed E-state index contributed by atoms with van der Waals surface area (Å²) in [6.45, 7) is 6.20. The van der Waals surface area contributed by atoms with Crippen LogP contribution in [-0.4, -0.2) is 109 Å². The fraction of sp³-hybridized carbons (Fsp3) is 0.741. The van der Waals surface area contributed by atoms with Crippen molar-refractivity contribution in [1.82, 2.24) is 19.4 Å². The van der Waals surface area contributed by atoms with Crippen molar-refractivity contribution in [2.24, 2.45) is 0 Å². The number of ether oxygens (including phenoxy) is 2. The Kier molecular flexibility index (Phi) is 12.8. The zero-order valence-corrected chi connectivity index (χ0v) is 24.7. The van der Waals surface area contributed by atoms with Gasteiger partial charge in [-0.1, -0.05) is 0 Å². The molecule has 1 aliphatic heterocycles. The van der Waals surface area contributed by atoms with Crippen LogP contribution >= 0.6 is 0 Å². The number of methoxy groups -OCH3 is 1. The van der Waals surface area contributed by atoms with Crippen molar-refractivity contribution in [3.8, 4) is 5.75 Å². The lowest BCUT2D eigenvalue weighted by molar-refractivity contribution is -0.137. The summed E-state index contributed by atoms with van der Waals surface area (Å²) in [6.07, 6.45) is 7.01. The lowest BCUT2D eigenvalue weighted by Crippen LogP contribution is -2.47. The number of aryl methyl sites for hydroxylation is 2. The number of carbonyl (C=O) groups excluding carboxylic acids is 1. The molecule has 1 saturated heterocycles. The van der Waals surface area contributed by atoms with E-state index in [0.29, 0.717) is 22.9 Å². The quantitative estimate of drug-likeness (QED) is 0.456. The van der Waals surface area contributed by atoms with Gasteiger partial charge in [-0.25, -0.2) is 8.42 Å². The van der Waals surface area contributed by atoms with Crippen LogP contribution in [0.25, 0.3) is 0 Å². The zero-order valence-electron chi connectivity index (χ0n) is 23.9. The molecule has 1 amide bonds. The van der Waals surface area contributed by atoms with Crippen LogP contribution < -0.4 is 10.1 Å². The second-order valence-corrected chi connectivity index (χ2v) is 12.2. The molecule has 1 saturated carbocycles. The highest BCUT2D eigenvalue weighted by atomic mass is 32.2. The summed E-state index contributed by atoms with van der Waals surface area (Å²) in [5.41, 5.74) is 1.28.